The molecule has 0 bridgehead atoms. The van der Waals surface area contributed by atoms with E-state index in [2.05, 4.69) is 20.7 Å². The van der Waals surface area contributed by atoms with E-state index in [9.17, 15) is 18.0 Å². The molecule has 0 aliphatic carbocycles. The summed E-state index contributed by atoms with van der Waals surface area (Å²) in [6, 6.07) is 3.75. The lowest BCUT2D eigenvalue weighted by atomic mass is 9.98. The van der Waals surface area contributed by atoms with Crippen LogP contribution in [0.2, 0.25) is 0 Å². The highest BCUT2D eigenvalue weighted by atomic mass is 35.5. The third-order valence-electron chi connectivity index (χ3n) is 5.51. The summed E-state index contributed by atoms with van der Waals surface area (Å²) in [6.07, 6.45) is -1.81. The van der Waals surface area contributed by atoms with Gasteiger partial charge in [0.05, 0.1) is 17.7 Å². The highest BCUT2D eigenvalue weighted by Crippen LogP contribution is 2.37. The molecule has 0 spiro atoms. The topological polar surface area (TPSA) is 98.9 Å². The van der Waals surface area contributed by atoms with Gasteiger partial charge in [-0.25, -0.2) is 10.5 Å². The van der Waals surface area contributed by atoms with Crippen molar-refractivity contribution in [2.75, 3.05) is 25.6 Å². The van der Waals surface area contributed by atoms with E-state index >= 15 is 0 Å². The van der Waals surface area contributed by atoms with Gasteiger partial charge in [-0.3, -0.25) is 4.79 Å². The number of methoxy groups -OCH3 is 1. The summed E-state index contributed by atoms with van der Waals surface area (Å²) in [5.74, 6) is -0.862. The van der Waals surface area contributed by atoms with Crippen LogP contribution < -0.4 is 10.6 Å². The van der Waals surface area contributed by atoms with Crippen LogP contribution in [0.25, 0.3) is 5.70 Å². The van der Waals surface area contributed by atoms with Crippen LogP contribution in [-0.4, -0.2) is 31.3 Å². The lowest BCUT2D eigenvalue weighted by Crippen LogP contribution is -2.20. The Morgan fingerprint density at radius 2 is 2.06 bits per heavy atom. The number of amides is 1. The first-order valence-corrected chi connectivity index (χ1v) is 11.4. The molecule has 0 unspecified atom stereocenters. The Morgan fingerprint density at radius 3 is 2.63 bits per heavy atom. The zero-order chi connectivity index (χ0) is 26.2. The van der Waals surface area contributed by atoms with Crippen LogP contribution in [0, 0.1) is 5.53 Å². The number of benzene rings is 1. The summed E-state index contributed by atoms with van der Waals surface area (Å²) < 4.78 is 47.0. The van der Waals surface area contributed by atoms with E-state index in [-0.39, 0.29) is 34.2 Å². The van der Waals surface area contributed by atoms with Gasteiger partial charge in [0.2, 0.25) is 0 Å². The standard InChI is InChI=1S/C24H29ClF3N5O2/c1-5-16-14(3)7-9-18(23(34)33-29)22(32-21(16)25)31-15-8-10-17(19(13-15)24(26,27)28)20(6-2)30-11-12-35-4/h6,8,10,13,29-31H,5,7,9,11-12H2,1-4H3/b16-14+,20-6?,22-18+,32-21+,33-29?. The van der Waals surface area contributed by atoms with Crippen LogP contribution in [0.15, 0.2) is 56.9 Å². The smallest absolute Gasteiger partial charge is 0.383 e. The molecule has 0 saturated carbocycles. The van der Waals surface area contributed by atoms with Gasteiger partial charge in [0.25, 0.3) is 5.91 Å². The van der Waals surface area contributed by atoms with E-state index in [4.69, 9.17) is 21.9 Å². The minimum Gasteiger partial charge on any atom is -0.383 e. The van der Waals surface area contributed by atoms with Crippen molar-refractivity contribution in [1.29, 1.82) is 5.53 Å². The van der Waals surface area contributed by atoms with E-state index in [0.717, 1.165) is 17.2 Å². The first-order valence-electron chi connectivity index (χ1n) is 11.0. The lowest BCUT2D eigenvalue weighted by Gasteiger charge is -2.20. The van der Waals surface area contributed by atoms with Crippen LogP contribution in [0.1, 0.15) is 51.2 Å². The van der Waals surface area contributed by atoms with Crippen LogP contribution in [0.3, 0.4) is 0 Å². The van der Waals surface area contributed by atoms with Crippen molar-refractivity contribution in [2.24, 2.45) is 10.1 Å². The molecule has 11 heteroatoms. The molecule has 7 nitrogen and oxygen atoms in total. The molecule has 1 aromatic carbocycles. The molecule has 35 heavy (non-hydrogen) atoms. The largest absolute Gasteiger partial charge is 0.417 e. The Labute approximate surface area is 207 Å². The zero-order valence-electron chi connectivity index (χ0n) is 20.1. The molecule has 0 saturated heterocycles. The van der Waals surface area contributed by atoms with Gasteiger partial charge < -0.3 is 15.4 Å². The van der Waals surface area contributed by atoms with Gasteiger partial charge in [-0.1, -0.05) is 36.2 Å². The van der Waals surface area contributed by atoms with Crippen molar-refractivity contribution in [3.8, 4) is 0 Å². The Kier molecular flexibility index (Phi) is 10.2. The fourth-order valence-electron chi connectivity index (χ4n) is 3.69. The van der Waals surface area contributed by atoms with Gasteiger partial charge in [-0.15, -0.1) is 5.11 Å². The van der Waals surface area contributed by atoms with Gasteiger partial charge in [0, 0.05) is 30.6 Å². The van der Waals surface area contributed by atoms with Gasteiger partial charge in [-0.2, -0.15) is 13.2 Å². The monoisotopic (exact) mass is 511 g/mol. The second kappa shape index (κ2) is 12.6. The zero-order valence-corrected chi connectivity index (χ0v) is 20.8. The predicted molar refractivity (Wildman–Crippen MR) is 131 cm³/mol. The molecule has 1 heterocycles. The predicted octanol–water partition coefficient (Wildman–Crippen LogP) is 6.64. The maximum Gasteiger partial charge on any atom is 0.417 e. The average Bonchev–Trinajstić information content (AvgIpc) is 2.81. The summed E-state index contributed by atoms with van der Waals surface area (Å²) in [4.78, 5) is 16.7. The van der Waals surface area contributed by atoms with E-state index in [1.54, 1.807) is 13.0 Å². The molecule has 0 fully saturated rings. The molecule has 0 radical (unpaired) electrons. The molecular weight excluding hydrogens is 483 g/mol. The summed E-state index contributed by atoms with van der Waals surface area (Å²) in [7, 11) is 1.51. The molecule has 1 aliphatic heterocycles. The van der Waals surface area contributed by atoms with E-state index < -0.39 is 17.6 Å². The summed E-state index contributed by atoms with van der Waals surface area (Å²) >= 11 is 6.40. The Hall–Kier alpha value is -2.98. The summed E-state index contributed by atoms with van der Waals surface area (Å²) in [6.45, 7) is 6.09. The number of ether oxygens (including phenoxy) is 1. The summed E-state index contributed by atoms with van der Waals surface area (Å²) in [5.41, 5.74) is 8.43. The summed E-state index contributed by atoms with van der Waals surface area (Å²) in [5, 5.41) is 8.88. The minimum absolute atomic E-state index is 0.0280. The van der Waals surface area contributed by atoms with Crippen LogP contribution in [-0.2, 0) is 15.7 Å². The third kappa shape index (κ3) is 7.25. The molecule has 1 aromatic rings. The van der Waals surface area contributed by atoms with Crippen molar-refractivity contribution < 1.29 is 22.7 Å². The number of hydrogen-bond acceptors (Lipinski definition) is 6. The number of nitrogens with zero attached hydrogens (tertiary/aromatic N) is 2. The SMILES string of the molecule is CC=C(NCCOC)c1ccc(NC2=C(\C(=O)N=N)CC/C(C)=C(CC)/C(Cl)=N\2)cc1C(F)(F)F. The second-order valence-corrected chi connectivity index (χ2v) is 8.12. The maximum atomic E-state index is 14.0. The van der Waals surface area contributed by atoms with Crippen molar-refractivity contribution in [3.05, 3.63) is 57.9 Å². The molecular formula is C24H29ClF3N5O2. The number of halogens is 4. The number of carbonyl (C=O) groups excluding carboxylic acids is 1. The number of anilines is 1. The van der Waals surface area contributed by atoms with Gasteiger partial charge >= 0.3 is 6.18 Å². The first-order chi connectivity index (χ1) is 16.6. The first kappa shape index (κ1) is 28.3. The number of carbonyl (C=O) groups is 1. The Bertz CT molecular complexity index is 1090. The number of alkyl halides is 3. The number of allylic oxidation sites excluding steroid dienone is 3. The highest BCUT2D eigenvalue weighted by molar-refractivity contribution is 6.69. The minimum atomic E-state index is -4.65. The molecule has 0 aromatic heterocycles. The quantitative estimate of drug-likeness (QED) is 0.255. The van der Waals surface area contributed by atoms with Gasteiger partial charge in [-0.05, 0) is 50.8 Å². The molecule has 1 aliphatic rings. The highest BCUT2D eigenvalue weighted by Gasteiger charge is 2.34. The molecule has 2 rings (SSSR count). The Morgan fingerprint density at radius 1 is 1.34 bits per heavy atom. The lowest BCUT2D eigenvalue weighted by molar-refractivity contribution is -0.137. The van der Waals surface area contributed by atoms with E-state index in [0.29, 0.717) is 31.7 Å². The van der Waals surface area contributed by atoms with Crippen molar-refractivity contribution in [3.63, 3.8) is 0 Å². The third-order valence-corrected chi connectivity index (χ3v) is 5.82. The fraction of sp³-hybridized carbons (Fsp3) is 0.417. The number of hydrogen-bond donors (Lipinski definition) is 3. The van der Waals surface area contributed by atoms with Crippen molar-refractivity contribution >= 4 is 34.1 Å². The molecule has 1 amide bonds. The van der Waals surface area contributed by atoms with Crippen LogP contribution in [0.4, 0.5) is 18.9 Å². The normalized spacial score (nSPS) is 21.0. The Balaban J connectivity index is 2.58. The van der Waals surface area contributed by atoms with Crippen molar-refractivity contribution in [1.82, 2.24) is 5.32 Å². The molecule has 0 atom stereocenters. The maximum absolute atomic E-state index is 14.0. The fourth-order valence-corrected chi connectivity index (χ4v) is 4.07. The second-order valence-electron chi connectivity index (χ2n) is 7.76. The van der Waals surface area contributed by atoms with Crippen LogP contribution in [0.5, 0.6) is 0 Å². The van der Waals surface area contributed by atoms with Gasteiger partial charge in [0.1, 0.15) is 11.0 Å². The van der Waals surface area contributed by atoms with Gasteiger partial charge in [0.15, 0.2) is 0 Å². The van der Waals surface area contributed by atoms with E-state index in [1.807, 2.05) is 13.8 Å². The van der Waals surface area contributed by atoms with Crippen molar-refractivity contribution in [2.45, 2.75) is 46.2 Å². The average molecular weight is 512 g/mol. The van der Waals surface area contributed by atoms with Crippen LogP contribution >= 0.6 is 11.6 Å². The molecule has 3 N–H and O–H groups in total. The number of aliphatic imine (C=N–C) groups is 1. The number of rotatable bonds is 9. The molecule has 190 valence electrons. The number of nitrogens with one attached hydrogen (secondary N) is 3. The van der Waals surface area contributed by atoms with E-state index in [1.165, 1.54) is 19.2 Å².